The predicted octanol–water partition coefficient (Wildman–Crippen LogP) is 1.62. The zero-order chi connectivity index (χ0) is 13.0. The number of hydrogen-bond donors (Lipinski definition) is 2. The molecule has 0 bridgehead atoms. The summed E-state index contributed by atoms with van der Waals surface area (Å²) in [5.41, 5.74) is 2.06. The van der Waals surface area contributed by atoms with Crippen molar-refractivity contribution in [3.8, 4) is 0 Å². The molecule has 0 unspecified atom stereocenters. The SMILES string of the molecule is CCCn1c(CNCC(=O)O)nc2ccccc21. The number of carboxylic acids is 1. The normalized spacial score (nSPS) is 10.9. The summed E-state index contributed by atoms with van der Waals surface area (Å²) in [4.78, 5) is 15.0. The number of hydrogen-bond acceptors (Lipinski definition) is 3. The van der Waals surface area contributed by atoms with Gasteiger partial charge in [0.05, 0.1) is 24.1 Å². The largest absolute Gasteiger partial charge is 0.480 e. The van der Waals surface area contributed by atoms with Crippen molar-refractivity contribution in [2.45, 2.75) is 26.4 Å². The van der Waals surface area contributed by atoms with Crippen LogP contribution in [0.2, 0.25) is 0 Å². The fraction of sp³-hybridized carbons (Fsp3) is 0.385. The summed E-state index contributed by atoms with van der Waals surface area (Å²) < 4.78 is 2.14. The van der Waals surface area contributed by atoms with Crippen molar-refractivity contribution in [2.75, 3.05) is 6.54 Å². The van der Waals surface area contributed by atoms with Crippen LogP contribution in [0.4, 0.5) is 0 Å². The van der Waals surface area contributed by atoms with Crippen LogP contribution < -0.4 is 5.32 Å². The Morgan fingerprint density at radius 1 is 1.44 bits per heavy atom. The summed E-state index contributed by atoms with van der Waals surface area (Å²) in [6.07, 6.45) is 1.02. The minimum Gasteiger partial charge on any atom is -0.480 e. The molecule has 1 aromatic heterocycles. The van der Waals surface area contributed by atoms with Gasteiger partial charge in [0, 0.05) is 6.54 Å². The lowest BCUT2D eigenvalue weighted by Gasteiger charge is -2.07. The molecule has 1 aromatic carbocycles. The van der Waals surface area contributed by atoms with Gasteiger partial charge in [-0.25, -0.2) is 4.98 Å². The van der Waals surface area contributed by atoms with E-state index in [4.69, 9.17) is 5.11 Å². The summed E-state index contributed by atoms with van der Waals surface area (Å²) in [7, 11) is 0. The summed E-state index contributed by atoms with van der Waals surface area (Å²) in [5, 5.41) is 11.5. The summed E-state index contributed by atoms with van der Waals surface area (Å²) >= 11 is 0. The Morgan fingerprint density at radius 3 is 2.94 bits per heavy atom. The van der Waals surface area contributed by atoms with Crippen molar-refractivity contribution >= 4 is 17.0 Å². The van der Waals surface area contributed by atoms with Crippen molar-refractivity contribution in [2.24, 2.45) is 0 Å². The first-order valence-electron chi connectivity index (χ1n) is 6.09. The van der Waals surface area contributed by atoms with Crippen LogP contribution in [0, 0.1) is 0 Å². The van der Waals surface area contributed by atoms with Crippen LogP contribution in [0.25, 0.3) is 11.0 Å². The van der Waals surface area contributed by atoms with Crippen molar-refractivity contribution in [1.29, 1.82) is 0 Å². The summed E-state index contributed by atoms with van der Waals surface area (Å²) in [5.74, 6) is 0.0347. The van der Waals surface area contributed by atoms with Gasteiger partial charge in [-0.05, 0) is 18.6 Å². The van der Waals surface area contributed by atoms with Gasteiger partial charge in [0.1, 0.15) is 5.82 Å². The topological polar surface area (TPSA) is 67.2 Å². The van der Waals surface area contributed by atoms with E-state index in [-0.39, 0.29) is 6.54 Å². The first-order valence-corrected chi connectivity index (χ1v) is 6.09. The fourth-order valence-corrected chi connectivity index (χ4v) is 2.01. The van der Waals surface area contributed by atoms with E-state index in [1.807, 2.05) is 24.3 Å². The average Bonchev–Trinajstić information content (AvgIpc) is 2.68. The Morgan fingerprint density at radius 2 is 2.22 bits per heavy atom. The first kappa shape index (κ1) is 12.6. The second kappa shape index (κ2) is 5.64. The lowest BCUT2D eigenvalue weighted by Crippen LogP contribution is -2.23. The van der Waals surface area contributed by atoms with Crippen LogP contribution in [0.3, 0.4) is 0 Å². The zero-order valence-electron chi connectivity index (χ0n) is 10.4. The van der Waals surface area contributed by atoms with E-state index in [1.165, 1.54) is 0 Å². The van der Waals surface area contributed by atoms with Gasteiger partial charge in [0.15, 0.2) is 0 Å². The maximum atomic E-state index is 10.5. The van der Waals surface area contributed by atoms with E-state index < -0.39 is 5.97 Å². The average molecular weight is 247 g/mol. The number of nitrogens with one attached hydrogen (secondary N) is 1. The number of carbonyl (C=O) groups is 1. The van der Waals surface area contributed by atoms with Crippen LogP contribution >= 0.6 is 0 Å². The number of imidazole rings is 1. The van der Waals surface area contributed by atoms with E-state index >= 15 is 0 Å². The first-order chi connectivity index (χ1) is 8.72. The third-order valence-electron chi connectivity index (χ3n) is 2.74. The smallest absolute Gasteiger partial charge is 0.317 e. The second-order valence-electron chi connectivity index (χ2n) is 4.17. The van der Waals surface area contributed by atoms with E-state index in [0.717, 1.165) is 29.8 Å². The molecule has 5 heteroatoms. The minimum absolute atomic E-state index is 0.0463. The van der Waals surface area contributed by atoms with Gasteiger partial charge < -0.3 is 9.67 Å². The Balaban J connectivity index is 2.24. The maximum absolute atomic E-state index is 10.5. The van der Waals surface area contributed by atoms with Crippen molar-refractivity contribution in [3.63, 3.8) is 0 Å². The van der Waals surface area contributed by atoms with Gasteiger partial charge in [-0.1, -0.05) is 19.1 Å². The molecule has 0 saturated heterocycles. The Bertz CT molecular complexity index is 548. The Hall–Kier alpha value is -1.88. The van der Waals surface area contributed by atoms with Crippen LogP contribution in [0.5, 0.6) is 0 Å². The molecule has 0 aliphatic heterocycles. The summed E-state index contributed by atoms with van der Waals surface area (Å²) in [6.45, 7) is 3.43. The highest BCUT2D eigenvalue weighted by atomic mass is 16.4. The molecule has 2 rings (SSSR count). The molecule has 0 atom stereocenters. The van der Waals surface area contributed by atoms with E-state index in [2.05, 4.69) is 21.8 Å². The molecule has 1 heterocycles. The monoisotopic (exact) mass is 247 g/mol. The molecule has 0 fully saturated rings. The van der Waals surface area contributed by atoms with Gasteiger partial charge in [-0.3, -0.25) is 10.1 Å². The number of aromatic nitrogens is 2. The molecule has 2 aromatic rings. The molecule has 0 amide bonds. The number of fused-ring (bicyclic) bond motifs is 1. The molecule has 0 saturated carbocycles. The van der Waals surface area contributed by atoms with Gasteiger partial charge in [-0.2, -0.15) is 0 Å². The minimum atomic E-state index is -0.854. The highest BCUT2D eigenvalue weighted by molar-refractivity contribution is 5.75. The van der Waals surface area contributed by atoms with Gasteiger partial charge >= 0.3 is 5.97 Å². The number of aliphatic carboxylic acids is 1. The lowest BCUT2D eigenvalue weighted by atomic mass is 10.3. The molecule has 0 radical (unpaired) electrons. The molecular weight excluding hydrogens is 230 g/mol. The van der Waals surface area contributed by atoms with Gasteiger partial charge in [0.2, 0.25) is 0 Å². The molecular formula is C13H17N3O2. The number of para-hydroxylation sites is 2. The Kier molecular flexibility index (Phi) is 3.94. The fourth-order valence-electron chi connectivity index (χ4n) is 2.01. The van der Waals surface area contributed by atoms with E-state index in [0.29, 0.717) is 6.54 Å². The summed E-state index contributed by atoms with van der Waals surface area (Å²) in [6, 6.07) is 7.96. The quantitative estimate of drug-likeness (QED) is 0.814. The number of benzene rings is 1. The Labute approximate surface area is 105 Å². The van der Waals surface area contributed by atoms with Gasteiger partial charge in [-0.15, -0.1) is 0 Å². The molecule has 2 N–H and O–H groups in total. The number of rotatable bonds is 6. The van der Waals surface area contributed by atoms with Crippen LogP contribution in [0.1, 0.15) is 19.2 Å². The standard InChI is InChI=1S/C13H17N3O2/c1-2-7-16-11-6-4-3-5-10(11)15-12(16)8-14-9-13(17)18/h3-6,14H,2,7-9H2,1H3,(H,17,18). The molecule has 0 aliphatic rings. The second-order valence-corrected chi connectivity index (χ2v) is 4.17. The van der Waals surface area contributed by atoms with Crippen molar-refractivity contribution in [1.82, 2.24) is 14.9 Å². The third kappa shape index (κ3) is 2.68. The zero-order valence-corrected chi connectivity index (χ0v) is 10.4. The highest BCUT2D eigenvalue weighted by Gasteiger charge is 2.09. The predicted molar refractivity (Wildman–Crippen MR) is 69.4 cm³/mol. The number of carboxylic acid groups (broad SMARTS) is 1. The van der Waals surface area contributed by atoms with Gasteiger partial charge in [0.25, 0.3) is 0 Å². The third-order valence-corrected chi connectivity index (χ3v) is 2.74. The number of nitrogens with zero attached hydrogens (tertiary/aromatic N) is 2. The van der Waals surface area contributed by atoms with Crippen LogP contribution in [0.15, 0.2) is 24.3 Å². The van der Waals surface area contributed by atoms with Crippen molar-refractivity contribution in [3.05, 3.63) is 30.1 Å². The molecule has 5 nitrogen and oxygen atoms in total. The highest BCUT2D eigenvalue weighted by Crippen LogP contribution is 2.16. The lowest BCUT2D eigenvalue weighted by molar-refractivity contribution is -0.136. The molecule has 0 spiro atoms. The van der Waals surface area contributed by atoms with Crippen LogP contribution in [-0.4, -0.2) is 27.2 Å². The van der Waals surface area contributed by atoms with E-state index in [9.17, 15) is 4.79 Å². The molecule has 96 valence electrons. The number of aryl methyl sites for hydroxylation is 1. The molecule has 0 aliphatic carbocycles. The van der Waals surface area contributed by atoms with E-state index in [1.54, 1.807) is 0 Å². The van der Waals surface area contributed by atoms with Crippen LogP contribution in [-0.2, 0) is 17.9 Å². The van der Waals surface area contributed by atoms with Crippen molar-refractivity contribution < 1.29 is 9.90 Å². The maximum Gasteiger partial charge on any atom is 0.317 e. The molecule has 18 heavy (non-hydrogen) atoms.